The summed E-state index contributed by atoms with van der Waals surface area (Å²) in [5, 5.41) is 15.4. The van der Waals surface area contributed by atoms with E-state index in [9.17, 15) is 4.79 Å². The van der Waals surface area contributed by atoms with Crippen LogP contribution in [0.2, 0.25) is 10.0 Å². The lowest BCUT2D eigenvalue weighted by molar-refractivity contribution is -0.115. The Kier molecular flexibility index (Phi) is 5.52. The second-order valence-corrected chi connectivity index (χ2v) is 7.14. The molecule has 0 aliphatic carbocycles. The molecular weight excluding hydrogens is 383 g/mol. The molecule has 1 atom stereocenters. The minimum Gasteiger partial charge on any atom is -0.310 e. The smallest absolute Gasteiger partial charge is 0.238 e. The van der Waals surface area contributed by atoms with Crippen molar-refractivity contribution in [1.82, 2.24) is 25.2 Å². The number of thioether (sulfide) groups is 1. The van der Waals surface area contributed by atoms with Crippen LogP contribution in [0.15, 0.2) is 47.8 Å². The Morgan fingerprint density at radius 2 is 2.08 bits per heavy atom. The summed E-state index contributed by atoms with van der Waals surface area (Å²) in [6.07, 6.45) is 1.47. The van der Waals surface area contributed by atoms with Crippen LogP contribution in [0, 0.1) is 0 Å². The number of hydrogen-bond acceptors (Lipinski definition) is 6. The highest BCUT2D eigenvalue weighted by Gasteiger charge is 2.19. The van der Waals surface area contributed by atoms with Crippen molar-refractivity contribution in [2.24, 2.45) is 0 Å². The van der Waals surface area contributed by atoms with Crippen molar-refractivity contribution in [2.75, 3.05) is 5.32 Å². The first kappa shape index (κ1) is 17.7. The molecule has 0 aliphatic heterocycles. The zero-order valence-electron chi connectivity index (χ0n) is 12.9. The lowest BCUT2D eigenvalue weighted by Crippen LogP contribution is -2.23. The van der Waals surface area contributed by atoms with E-state index in [1.54, 1.807) is 37.3 Å². The summed E-state index contributed by atoms with van der Waals surface area (Å²) in [6.45, 7) is 1.76. The molecule has 2 heterocycles. The quantitative estimate of drug-likeness (QED) is 0.666. The lowest BCUT2D eigenvalue weighted by Gasteiger charge is -2.11. The maximum absolute atomic E-state index is 12.3. The summed E-state index contributed by atoms with van der Waals surface area (Å²) in [6, 6.07) is 10.4. The number of carbonyl (C=O) groups excluding carboxylic acids is 1. The van der Waals surface area contributed by atoms with Crippen molar-refractivity contribution in [1.29, 1.82) is 0 Å². The Labute approximate surface area is 157 Å². The number of aromatic nitrogens is 5. The molecule has 3 rings (SSSR count). The Morgan fingerprint density at radius 3 is 2.80 bits per heavy atom. The van der Waals surface area contributed by atoms with Crippen molar-refractivity contribution >= 4 is 46.7 Å². The Bertz CT molecular complexity index is 886. The zero-order chi connectivity index (χ0) is 17.8. The van der Waals surface area contributed by atoms with Gasteiger partial charge in [-0.05, 0) is 47.7 Å². The summed E-state index contributed by atoms with van der Waals surface area (Å²) in [5.74, 6) is 0.205. The van der Waals surface area contributed by atoms with Crippen molar-refractivity contribution in [3.05, 3.63) is 52.6 Å². The summed E-state index contributed by atoms with van der Waals surface area (Å²) < 4.78 is 1.53. The molecule has 0 unspecified atom stereocenters. The molecule has 0 spiro atoms. The first-order chi connectivity index (χ1) is 12.0. The number of nitrogens with one attached hydrogen (secondary N) is 1. The third-order valence-electron chi connectivity index (χ3n) is 3.12. The number of nitrogens with zero attached hydrogens (tertiary/aromatic N) is 5. The van der Waals surface area contributed by atoms with Crippen LogP contribution in [0.25, 0.3) is 5.69 Å². The topological polar surface area (TPSA) is 85.6 Å². The van der Waals surface area contributed by atoms with E-state index in [2.05, 4.69) is 25.8 Å². The lowest BCUT2D eigenvalue weighted by atomic mass is 10.3. The summed E-state index contributed by atoms with van der Waals surface area (Å²) in [4.78, 5) is 16.4. The number of amides is 1. The maximum atomic E-state index is 12.3. The molecule has 1 N–H and O–H groups in total. The van der Waals surface area contributed by atoms with Crippen molar-refractivity contribution in [3.8, 4) is 5.69 Å². The average molecular weight is 395 g/mol. The molecule has 0 bridgehead atoms. The van der Waals surface area contributed by atoms with Crippen LogP contribution in [0.4, 0.5) is 5.82 Å². The molecule has 25 heavy (non-hydrogen) atoms. The highest BCUT2D eigenvalue weighted by atomic mass is 35.5. The highest BCUT2D eigenvalue weighted by Crippen LogP contribution is 2.24. The fraction of sp³-hybridized carbons (Fsp3) is 0.133. The van der Waals surface area contributed by atoms with Crippen molar-refractivity contribution in [3.63, 3.8) is 0 Å². The largest absolute Gasteiger partial charge is 0.310 e. The van der Waals surface area contributed by atoms with Crippen LogP contribution in [0.3, 0.4) is 0 Å². The Hall–Kier alpha value is -2.16. The van der Waals surface area contributed by atoms with Gasteiger partial charge < -0.3 is 5.32 Å². The van der Waals surface area contributed by atoms with E-state index < -0.39 is 5.25 Å². The van der Waals surface area contributed by atoms with Gasteiger partial charge in [-0.3, -0.25) is 4.79 Å². The average Bonchev–Trinajstić information content (AvgIpc) is 3.05. The van der Waals surface area contributed by atoms with Crippen LogP contribution in [0.1, 0.15) is 6.92 Å². The van der Waals surface area contributed by atoms with Gasteiger partial charge in [-0.1, -0.05) is 41.0 Å². The molecule has 7 nitrogen and oxygen atoms in total. The van der Waals surface area contributed by atoms with Crippen LogP contribution in [-0.4, -0.2) is 36.3 Å². The highest BCUT2D eigenvalue weighted by molar-refractivity contribution is 8.00. The van der Waals surface area contributed by atoms with Crippen molar-refractivity contribution in [2.45, 2.75) is 17.3 Å². The second-order valence-electron chi connectivity index (χ2n) is 4.96. The van der Waals surface area contributed by atoms with Gasteiger partial charge in [0.25, 0.3) is 0 Å². The molecule has 2 aromatic heterocycles. The summed E-state index contributed by atoms with van der Waals surface area (Å²) in [7, 11) is 0. The molecule has 0 aliphatic rings. The van der Waals surface area contributed by atoms with E-state index in [1.807, 2.05) is 6.07 Å². The number of rotatable bonds is 5. The van der Waals surface area contributed by atoms with E-state index in [-0.39, 0.29) is 5.91 Å². The number of halogens is 2. The molecule has 128 valence electrons. The van der Waals surface area contributed by atoms with E-state index in [4.69, 9.17) is 23.2 Å². The van der Waals surface area contributed by atoms with Gasteiger partial charge in [0.2, 0.25) is 11.1 Å². The third kappa shape index (κ3) is 4.47. The summed E-state index contributed by atoms with van der Waals surface area (Å²) in [5.41, 5.74) is 0.715. The van der Waals surface area contributed by atoms with Gasteiger partial charge in [-0.25, -0.2) is 4.98 Å². The number of carbonyl (C=O) groups is 1. The van der Waals surface area contributed by atoms with Gasteiger partial charge in [0, 0.05) is 11.2 Å². The first-order valence-electron chi connectivity index (χ1n) is 7.16. The molecule has 0 saturated carbocycles. The summed E-state index contributed by atoms with van der Waals surface area (Å²) >= 11 is 13.0. The predicted octanol–water partition coefficient (Wildman–Crippen LogP) is 3.48. The van der Waals surface area contributed by atoms with Crippen LogP contribution >= 0.6 is 35.0 Å². The predicted molar refractivity (Wildman–Crippen MR) is 97.4 cm³/mol. The van der Waals surface area contributed by atoms with Gasteiger partial charge >= 0.3 is 0 Å². The molecule has 0 fully saturated rings. The van der Waals surface area contributed by atoms with Crippen LogP contribution in [-0.2, 0) is 4.79 Å². The van der Waals surface area contributed by atoms with Gasteiger partial charge in [0.1, 0.15) is 5.82 Å². The Morgan fingerprint density at radius 1 is 1.24 bits per heavy atom. The maximum Gasteiger partial charge on any atom is 0.238 e. The van der Waals surface area contributed by atoms with Gasteiger partial charge in [-0.2, -0.15) is 4.68 Å². The normalized spacial score (nSPS) is 12.0. The molecule has 0 radical (unpaired) electrons. The van der Waals surface area contributed by atoms with E-state index in [0.29, 0.717) is 26.7 Å². The van der Waals surface area contributed by atoms with Crippen molar-refractivity contribution < 1.29 is 4.79 Å². The number of benzene rings is 1. The van der Waals surface area contributed by atoms with Crippen LogP contribution in [0.5, 0.6) is 0 Å². The van der Waals surface area contributed by atoms with E-state index >= 15 is 0 Å². The first-order valence-corrected chi connectivity index (χ1v) is 8.80. The van der Waals surface area contributed by atoms with Gasteiger partial charge in [-0.15, -0.1) is 5.10 Å². The second kappa shape index (κ2) is 7.81. The molecular formula is C15H12Cl2N6OS. The van der Waals surface area contributed by atoms with Gasteiger partial charge in [0.15, 0.2) is 0 Å². The number of pyridine rings is 1. The third-order valence-corrected chi connectivity index (χ3v) is 4.62. The molecule has 3 aromatic rings. The fourth-order valence-electron chi connectivity index (χ4n) is 1.91. The van der Waals surface area contributed by atoms with E-state index in [1.165, 1.54) is 22.6 Å². The van der Waals surface area contributed by atoms with E-state index in [0.717, 1.165) is 0 Å². The van der Waals surface area contributed by atoms with Crippen LogP contribution < -0.4 is 5.32 Å². The SMILES string of the molecule is C[C@H](Sc1nnnn1-c1cccc(Cl)c1)C(=O)Nc1ccc(Cl)cn1. The number of hydrogen-bond donors (Lipinski definition) is 1. The zero-order valence-corrected chi connectivity index (χ0v) is 15.3. The monoisotopic (exact) mass is 394 g/mol. The molecule has 1 aromatic carbocycles. The molecule has 1 amide bonds. The number of tetrazole rings is 1. The minimum absolute atomic E-state index is 0.222. The minimum atomic E-state index is -0.443. The molecule has 10 heteroatoms. The number of anilines is 1. The standard InChI is InChI=1S/C15H12Cl2N6OS/c1-9(14(24)19-13-6-5-11(17)8-18-13)25-15-20-21-22-23(15)12-4-2-3-10(16)7-12/h2-9H,1H3,(H,18,19,24)/t9-/m0/s1. The Balaban J connectivity index is 1.71. The fourth-order valence-corrected chi connectivity index (χ4v) is 3.02. The molecule has 0 saturated heterocycles. The van der Waals surface area contributed by atoms with Gasteiger partial charge in [0.05, 0.1) is 16.0 Å².